The Morgan fingerprint density at radius 1 is 1.44 bits per heavy atom. The van der Waals surface area contributed by atoms with Crippen LogP contribution in [0.5, 0.6) is 5.75 Å². The zero-order valence-corrected chi connectivity index (χ0v) is 10.9. The Hall–Kier alpha value is -2.02. The molecule has 1 amide bonds. The third-order valence-electron chi connectivity index (χ3n) is 1.99. The molecule has 6 nitrogen and oxygen atoms in total. The van der Waals surface area contributed by atoms with Crippen molar-refractivity contribution in [2.45, 2.75) is 6.92 Å². The lowest BCUT2D eigenvalue weighted by Gasteiger charge is -2.11. The van der Waals surface area contributed by atoms with Crippen molar-refractivity contribution in [3.8, 4) is 5.75 Å². The number of rotatable bonds is 5. The number of nitrogens with one attached hydrogen (secondary N) is 2. The Labute approximate surface area is 106 Å². The van der Waals surface area contributed by atoms with Crippen LogP contribution in [-0.4, -0.2) is 21.4 Å². The lowest BCUT2D eigenvalue weighted by Crippen LogP contribution is -2.11. The molecule has 0 saturated carbocycles. The molecule has 0 spiro atoms. The molecular formula is C11H14N2O4S. The van der Waals surface area contributed by atoms with E-state index >= 15 is 0 Å². The minimum absolute atomic E-state index is 0.226. The lowest BCUT2D eigenvalue weighted by molar-refractivity contribution is -0.114. The van der Waals surface area contributed by atoms with Gasteiger partial charge in [0.25, 0.3) is 10.0 Å². The van der Waals surface area contributed by atoms with E-state index in [-0.39, 0.29) is 11.6 Å². The first-order valence-electron chi connectivity index (χ1n) is 4.99. The number of ether oxygens (including phenoxy) is 1. The van der Waals surface area contributed by atoms with E-state index in [4.69, 9.17) is 4.74 Å². The summed E-state index contributed by atoms with van der Waals surface area (Å²) in [6.45, 7) is 4.55. The third-order valence-corrected chi connectivity index (χ3v) is 2.93. The number of methoxy groups -OCH3 is 1. The molecule has 18 heavy (non-hydrogen) atoms. The number of carbonyl (C=O) groups is 1. The SMILES string of the molecule is C=CS(=O)(=O)Nc1cc(NC(C)=O)ccc1OC. The van der Waals surface area contributed by atoms with Crippen LogP contribution in [0.15, 0.2) is 30.2 Å². The maximum absolute atomic E-state index is 11.4. The predicted octanol–water partition coefficient (Wildman–Crippen LogP) is 1.54. The fraction of sp³-hybridized carbons (Fsp3) is 0.182. The molecule has 0 saturated heterocycles. The quantitative estimate of drug-likeness (QED) is 0.850. The number of benzene rings is 1. The minimum Gasteiger partial charge on any atom is -0.495 e. The third kappa shape index (κ3) is 3.77. The minimum atomic E-state index is -3.63. The van der Waals surface area contributed by atoms with Crippen LogP contribution >= 0.6 is 0 Å². The topological polar surface area (TPSA) is 84.5 Å². The van der Waals surface area contributed by atoms with Gasteiger partial charge < -0.3 is 10.1 Å². The number of carbonyl (C=O) groups excluding carboxylic acids is 1. The smallest absolute Gasteiger partial charge is 0.254 e. The van der Waals surface area contributed by atoms with Crippen molar-refractivity contribution in [1.82, 2.24) is 0 Å². The first kappa shape index (κ1) is 14.0. The van der Waals surface area contributed by atoms with Crippen LogP contribution < -0.4 is 14.8 Å². The van der Waals surface area contributed by atoms with Gasteiger partial charge in [-0.3, -0.25) is 9.52 Å². The maximum atomic E-state index is 11.4. The summed E-state index contributed by atoms with van der Waals surface area (Å²) in [4.78, 5) is 10.9. The Morgan fingerprint density at radius 2 is 2.11 bits per heavy atom. The number of hydrogen-bond acceptors (Lipinski definition) is 4. The van der Waals surface area contributed by atoms with Crippen LogP contribution in [0.25, 0.3) is 0 Å². The Bertz CT molecular complexity index is 566. The highest BCUT2D eigenvalue weighted by Crippen LogP contribution is 2.28. The van der Waals surface area contributed by atoms with Crippen molar-refractivity contribution in [3.63, 3.8) is 0 Å². The zero-order valence-electron chi connectivity index (χ0n) is 10.1. The van der Waals surface area contributed by atoms with Gasteiger partial charge in [-0.15, -0.1) is 0 Å². The van der Waals surface area contributed by atoms with E-state index in [2.05, 4.69) is 16.6 Å². The summed E-state index contributed by atoms with van der Waals surface area (Å²) in [5.41, 5.74) is 0.689. The largest absolute Gasteiger partial charge is 0.495 e. The predicted molar refractivity (Wildman–Crippen MR) is 70.0 cm³/mol. The molecule has 1 aromatic carbocycles. The highest BCUT2D eigenvalue weighted by molar-refractivity contribution is 7.95. The van der Waals surface area contributed by atoms with Crippen molar-refractivity contribution >= 4 is 27.3 Å². The van der Waals surface area contributed by atoms with Gasteiger partial charge in [0.05, 0.1) is 12.8 Å². The molecule has 98 valence electrons. The average molecular weight is 270 g/mol. The first-order chi connectivity index (χ1) is 8.38. The van der Waals surface area contributed by atoms with E-state index in [0.29, 0.717) is 11.4 Å². The molecule has 0 aliphatic rings. The maximum Gasteiger partial charge on any atom is 0.254 e. The number of hydrogen-bond donors (Lipinski definition) is 2. The molecule has 7 heteroatoms. The molecule has 1 aromatic rings. The Balaban J connectivity index is 3.14. The standard InChI is InChI=1S/C11H14N2O4S/c1-4-18(15,16)13-10-7-9(12-8(2)14)5-6-11(10)17-3/h4-7,13H,1H2,2-3H3,(H,12,14). The summed E-state index contributed by atoms with van der Waals surface area (Å²) in [5.74, 6) is 0.0900. The van der Waals surface area contributed by atoms with Gasteiger partial charge in [-0.25, -0.2) is 8.42 Å². The van der Waals surface area contributed by atoms with Crippen molar-refractivity contribution < 1.29 is 17.9 Å². The number of anilines is 2. The van der Waals surface area contributed by atoms with Crippen molar-refractivity contribution in [1.29, 1.82) is 0 Å². The fourth-order valence-corrected chi connectivity index (χ4v) is 1.81. The molecule has 0 fully saturated rings. The Morgan fingerprint density at radius 3 is 2.61 bits per heavy atom. The highest BCUT2D eigenvalue weighted by Gasteiger charge is 2.10. The highest BCUT2D eigenvalue weighted by atomic mass is 32.2. The molecule has 0 aromatic heterocycles. The van der Waals surface area contributed by atoms with Crippen molar-refractivity contribution in [2.24, 2.45) is 0 Å². The van der Waals surface area contributed by atoms with Crippen molar-refractivity contribution in [2.75, 3.05) is 17.1 Å². The summed E-state index contributed by atoms with van der Waals surface area (Å²) in [7, 11) is -2.21. The summed E-state index contributed by atoms with van der Waals surface area (Å²) in [6.07, 6.45) is 0. The summed E-state index contributed by atoms with van der Waals surface area (Å²) in [6, 6.07) is 4.61. The van der Waals surface area contributed by atoms with Crippen LogP contribution in [0, 0.1) is 0 Å². The second kappa shape index (κ2) is 5.54. The summed E-state index contributed by atoms with van der Waals surface area (Å²) < 4.78 is 30.1. The average Bonchev–Trinajstić information content (AvgIpc) is 2.28. The van der Waals surface area contributed by atoms with Crippen molar-refractivity contribution in [3.05, 3.63) is 30.2 Å². The molecule has 0 radical (unpaired) electrons. The molecule has 0 heterocycles. The van der Waals surface area contributed by atoms with Crippen LogP contribution in [0.1, 0.15) is 6.92 Å². The molecule has 2 N–H and O–H groups in total. The van der Waals surface area contributed by atoms with Gasteiger partial charge in [-0.1, -0.05) is 6.58 Å². The van der Waals surface area contributed by atoms with E-state index in [1.54, 1.807) is 12.1 Å². The van der Waals surface area contributed by atoms with Crippen LogP contribution in [0.4, 0.5) is 11.4 Å². The molecule has 1 rings (SSSR count). The number of amides is 1. The molecule has 0 aliphatic carbocycles. The van der Waals surface area contributed by atoms with Gasteiger partial charge in [0.2, 0.25) is 5.91 Å². The van der Waals surface area contributed by atoms with Crippen LogP contribution in [0.3, 0.4) is 0 Å². The van der Waals surface area contributed by atoms with E-state index in [1.807, 2.05) is 0 Å². The molecular weight excluding hydrogens is 256 g/mol. The first-order valence-corrected chi connectivity index (χ1v) is 6.53. The zero-order chi connectivity index (χ0) is 13.8. The van der Waals surface area contributed by atoms with Gasteiger partial charge in [-0.2, -0.15) is 0 Å². The van der Waals surface area contributed by atoms with E-state index < -0.39 is 10.0 Å². The van der Waals surface area contributed by atoms with Gasteiger partial charge in [0.1, 0.15) is 5.75 Å². The second-order valence-electron chi connectivity index (χ2n) is 3.41. The van der Waals surface area contributed by atoms with Gasteiger partial charge in [-0.05, 0) is 18.2 Å². The van der Waals surface area contributed by atoms with E-state index in [1.165, 1.54) is 20.1 Å². The molecule has 0 unspecified atom stereocenters. The van der Waals surface area contributed by atoms with Crippen LogP contribution in [-0.2, 0) is 14.8 Å². The van der Waals surface area contributed by atoms with Crippen LogP contribution in [0.2, 0.25) is 0 Å². The second-order valence-corrected chi connectivity index (χ2v) is 5.04. The summed E-state index contributed by atoms with van der Waals surface area (Å²) >= 11 is 0. The summed E-state index contributed by atoms with van der Waals surface area (Å²) in [5, 5.41) is 3.33. The van der Waals surface area contributed by atoms with Gasteiger partial charge in [0.15, 0.2) is 0 Å². The number of sulfonamides is 1. The molecule has 0 atom stereocenters. The normalized spacial score (nSPS) is 10.6. The fourth-order valence-electron chi connectivity index (χ4n) is 1.26. The van der Waals surface area contributed by atoms with E-state index in [0.717, 1.165) is 5.41 Å². The van der Waals surface area contributed by atoms with Gasteiger partial charge in [0, 0.05) is 18.0 Å². The van der Waals surface area contributed by atoms with Gasteiger partial charge >= 0.3 is 0 Å². The Kier molecular flexibility index (Phi) is 4.33. The molecule has 0 aliphatic heterocycles. The van der Waals surface area contributed by atoms with E-state index in [9.17, 15) is 13.2 Å². The lowest BCUT2D eigenvalue weighted by atomic mass is 10.2. The molecule has 0 bridgehead atoms. The monoisotopic (exact) mass is 270 g/mol.